The molecule has 0 bridgehead atoms. The van der Waals surface area contributed by atoms with Crippen LogP contribution in [0.3, 0.4) is 0 Å². The quantitative estimate of drug-likeness (QED) is 0.579. The molecule has 20 heavy (non-hydrogen) atoms. The zero-order valence-electron chi connectivity index (χ0n) is 12.0. The highest BCUT2D eigenvalue weighted by atomic mass is 16.5. The maximum absolute atomic E-state index is 12.1. The minimum absolute atomic E-state index is 0.0245. The molecule has 2 aliphatic heterocycles. The molecule has 114 valence electrons. The van der Waals surface area contributed by atoms with Crippen LogP contribution in [-0.4, -0.2) is 68.2 Å². The molecule has 2 amide bonds. The van der Waals surface area contributed by atoms with E-state index >= 15 is 0 Å². The maximum Gasteiger partial charge on any atom is 0.242 e. The zero-order valence-corrected chi connectivity index (χ0v) is 12.0. The molecule has 2 rings (SSSR count). The summed E-state index contributed by atoms with van der Waals surface area (Å²) in [6.45, 7) is 2.90. The van der Waals surface area contributed by atoms with E-state index in [4.69, 9.17) is 10.5 Å². The molecule has 1 unspecified atom stereocenters. The first-order chi connectivity index (χ1) is 9.53. The van der Waals surface area contributed by atoms with Crippen molar-refractivity contribution in [3.8, 4) is 0 Å². The molecule has 2 saturated heterocycles. The highest BCUT2D eigenvalue weighted by Gasteiger charge is 2.39. The van der Waals surface area contributed by atoms with Gasteiger partial charge in [0.2, 0.25) is 11.8 Å². The summed E-state index contributed by atoms with van der Waals surface area (Å²) >= 11 is 0. The summed E-state index contributed by atoms with van der Waals surface area (Å²) in [4.78, 5) is 25.5. The molecule has 0 saturated carbocycles. The van der Waals surface area contributed by atoms with Gasteiger partial charge in [0.1, 0.15) is 5.54 Å². The molecule has 0 radical (unpaired) electrons. The maximum atomic E-state index is 12.1. The van der Waals surface area contributed by atoms with Crippen LogP contribution in [0.25, 0.3) is 0 Å². The van der Waals surface area contributed by atoms with Crippen LogP contribution in [-0.2, 0) is 14.3 Å². The number of nitrogens with two attached hydrogens (primary N) is 1. The second-order valence-electron chi connectivity index (χ2n) is 5.66. The van der Waals surface area contributed by atoms with Crippen LogP contribution in [0, 0.1) is 0 Å². The Morgan fingerprint density at radius 2 is 2.10 bits per heavy atom. The Morgan fingerprint density at radius 1 is 1.40 bits per heavy atom. The number of ether oxygens (including phenoxy) is 1. The van der Waals surface area contributed by atoms with Gasteiger partial charge in [0.25, 0.3) is 0 Å². The van der Waals surface area contributed by atoms with Crippen molar-refractivity contribution in [2.24, 2.45) is 5.73 Å². The number of amides is 2. The van der Waals surface area contributed by atoms with Crippen molar-refractivity contribution < 1.29 is 14.3 Å². The van der Waals surface area contributed by atoms with Crippen LogP contribution in [0.5, 0.6) is 0 Å². The molecule has 0 aromatic carbocycles. The lowest BCUT2D eigenvalue weighted by Crippen LogP contribution is -2.58. The molecular weight excluding hydrogens is 260 g/mol. The molecular formula is C13H24N4O3. The van der Waals surface area contributed by atoms with Crippen LogP contribution in [0.4, 0.5) is 0 Å². The van der Waals surface area contributed by atoms with Crippen LogP contribution < -0.4 is 16.4 Å². The molecule has 0 spiro atoms. The molecule has 4 N–H and O–H groups in total. The lowest BCUT2D eigenvalue weighted by Gasteiger charge is -2.33. The van der Waals surface area contributed by atoms with Gasteiger partial charge in [0, 0.05) is 32.8 Å². The number of hydrogen-bond donors (Lipinski definition) is 3. The molecule has 7 nitrogen and oxygen atoms in total. The van der Waals surface area contributed by atoms with Gasteiger partial charge in [-0.15, -0.1) is 0 Å². The fourth-order valence-electron chi connectivity index (χ4n) is 2.61. The van der Waals surface area contributed by atoms with Gasteiger partial charge in [-0.3, -0.25) is 14.5 Å². The Kier molecular flexibility index (Phi) is 4.95. The number of carbonyl (C=O) groups excluding carboxylic acids is 2. The van der Waals surface area contributed by atoms with E-state index in [1.165, 1.54) is 0 Å². The summed E-state index contributed by atoms with van der Waals surface area (Å²) in [5.41, 5.74) is 5.17. The molecule has 1 atom stereocenters. The summed E-state index contributed by atoms with van der Waals surface area (Å²) in [6.07, 6.45) is 2.27. The van der Waals surface area contributed by atoms with Gasteiger partial charge < -0.3 is 21.1 Å². The number of likely N-dealkylation sites (tertiary alicyclic amines) is 1. The second-order valence-corrected chi connectivity index (χ2v) is 5.66. The van der Waals surface area contributed by atoms with Crippen LogP contribution in [0.1, 0.15) is 19.3 Å². The smallest absolute Gasteiger partial charge is 0.242 e. The largest absolute Gasteiger partial charge is 0.379 e. The molecule has 2 fully saturated rings. The predicted molar refractivity (Wildman–Crippen MR) is 74.0 cm³/mol. The number of nitrogens with one attached hydrogen (secondary N) is 2. The summed E-state index contributed by atoms with van der Waals surface area (Å²) in [6, 6.07) is 0.143. The Labute approximate surface area is 119 Å². The molecule has 2 heterocycles. The molecule has 2 aliphatic rings. The Bertz CT molecular complexity index is 361. The van der Waals surface area contributed by atoms with Gasteiger partial charge in [-0.25, -0.2) is 0 Å². The molecule has 0 aromatic rings. The second kappa shape index (κ2) is 6.51. The minimum atomic E-state index is -0.862. The Balaban J connectivity index is 1.74. The molecule has 0 aromatic heterocycles. The third-order valence-corrected chi connectivity index (χ3v) is 4.07. The lowest BCUT2D eigenvalue weighted by atomic mass is 9.97. The van der Waals surface area contributed by atoms with E-state index in [2.05, 4.69) is 15.5 Å². The van der Waals surface area contributed by atoms with E-state index in [-0.39, 0.29) is 17.9 Å². The van der Waals surface area contributed by atoms with E-state index in [1.54, 1.807) is 7.05 Å². The number of carbonyl (C=O) groups is 2. The summed E-state index contributed by atoms with van der Waals surface area (Å²) in [5, 5.41) is 5.63. The highest BCUT2D eigenvalue weighted by Crippen LogP contribution is 2.17. The van der Waals surface area contributed by atoms with Crippen LogP contribution in [0.2, 0.25) is 0 Å². The summed E-state index contributed by atoms with van der Waals surface area (Å²) in [5.74, 6) is -0.0868. The van der Waals surface area contributed by atoms with Crippen molar-refractivity contribution in [2.45, 2.75) is 30.8 Å². The van der Waals surface area contributed by atoms with Crippen molar-refractivity contribution in [1.82, 2.24) is 15.5 Å². The average molecular weight is 284 g/mol. The van der Waals surface area contributed by atoms with E-state index in [0.717, 1.165) is 25.9 Å². The fraction of sp³-hybridized carbons (Fsp3) is 0.846. The van der Waals surface area contributed by atoms with Crippen LogP contribution >= 0.6 is 0 Å². The van der Waals surface area contributed by atoms with E-state index < -0.39 is 5.54 Å². The first-order valence-electron chi connectivity index (χ1n) is 7.14. The van der Waals surface area contributed by atoms with Crippen LogP contribution in [0.15, 0.2) is 0 Å². The fourth-order valence-corrected chi connectivity index (χ4v) is 2.61. The topological polar surface area (TPSA) is 96.7 Å². The van der Waals surface area contributed by atoms with Gasteiger partial charge in [-0.05, 0) is 19.3 Å². The Morgan fingerprint density at radius 3 is 2.65 bits per heavy atom. The highest BCUT2D eigenvalue weighted by molar-refractivity contribution is 5.86. The van der Waals surface area contributed by atoms with Gasteiger partial charge in [0.15, 0.2) is 0 Å². The van der Waals surface area contributed by atoms with E-state index in [9.17, 15) is 9.59 Å². The minimum Gasteiger partial charge on any atom is -0.379 e. The van der Waals surface area contributed by atoms with Gasteiger partial charge in [-0.2, -0.15) is 0 Å². The average Bonchev–Trinajstić information content (AvgIpc) is 2.89. The first-order valence-corrected chi connectivity index (χ1v) is 7.14. The van der Waals surface area contributed by atoms with Gasteiger partial charge in [-0.1, -0.05) is 0 Å². The van der Waals surface area contributed by atoms with Gasteiger partial charge >= 0.3 is 0 Å². The van der Waals surface area contributed by atoms with Gasteiger partial charge in [0.05, 0.1) is 13.2 Å². The SMILES string of the molecule is CNC(=O)CN1CCC(NC(=O)C2(N)CCOC2)CC1. The zero-order chi connectivity index (χ0) is 14.6. The number of likely N-dealkylation sites (N-methyl/N-ethyl adjacent to an activating group) is 1. The monoisotopic (exact) mass is 284 g/mol. The third kappa shape index (κ3) is 3.68. The number of hydrogen-bond acceptors (Lipinski definition) is 5. The summed E-state index contributed by atoms with van der Waals surface area (Å²) in [7, 11) is 1.64. The van der Waals surface area contributed by atoms with Crippen molar-refractivity contribution in [1.29, 1.82) is 0 Å². The number of nitrogens with zero attached hydrogens (tertiary/aromatic N) is 1. The molecule has 7 heteroatoms. The normalized spacial score (nSPS) is 28.3. The van der Waals surface area contributed by atoms with Crippen molar-refractivity contribution in [2.75, 3.05) is 39.9 Å². The van der Waals surface area contributed by atoms with E-state index in [0.29, 0.717) is 26.2 Å². The first kappa shape index (κ1) is 15.2. The predicted octanol–water partition coefficient (Wildman–Crippen LogP) is -1.57. The van der Waals surface area contributed by atoms with E-state index in [1.807, 2.05) is 0 Å². The molecule has 0 aliphatic carbocycles. The summed E-state index contributed by atoms with van der Waals surface area (Å²) < 4.78 is 5.21. The van der Waals surface area contributed by atoms with Crippen molar-refractivity contribution >= 4 is 11.8 Å². The third-order valence-electron chi connectivity index (χ3n) is 4.07. The van der Waals surface area contributed by atoms with Crippen molar-refractivity contribution in [3.05, 3.63) is 0 Å². The van der Waals surface area contributed by atoms with Crippen molar-refractivity contribution in [3.63, 3.8) is 0 Å². The standard InChI is InChI=1S/C13H24N4O3/c1-15-11(18)8-17-5-2-10(3-6-17)16-12(19)13(14)4-7-20-9-13/h10H,2-9,14H2,1H3,(H,15,18)(H,16,19). The Hall–Kier alpha value is -1.18. The lowest BCUT2D eigenvalue weighted by molar-refractivity contribution is -0.128. The number of rotatable bonds is 4. The number of piperidine rings is 1.